The highest BCUT2D eigenvalue weighted by atomic mass is 16.2. The molecule has 1 aromatic carbocycles. The van der Waals surface area contributed by atoms with Crippen LogP contribution in [0.15, 0.2) is 30.3 Å². The number of rotatable bonds is 7. The number of nitrogens with zero attached hydrogens (tertiary/aromatic N) is 1. The van der Waals surface area contributed by atoms with Crippen LogP contribution in [0.5, 0.6) is 0 Å². The van der Waals surface area contributed by atoms with E-state index >= 15 is 0 Å². The van der Waals surface area contributed by atoms with E-state index in [1.54, 1.807) is 6.92 Å². The number of benzene rings is 1. The first-order valence-corrected chi connectivity index (χ1v) is 10.9. The van der Waals surface area contributed by atoms with Gasteiger partial charge in [-0.25, -0.2) is 0 Å². The molecule has 6 heteroatoms. The number of amides is 3. The predicted octanol–water partition coefficient (Wildman–Crippen LogP) is 2.77. The molecule has 0 aromatic heterocycles. The standard InChI is InChI=1S/C23H33N3O3/c1-17(24-21(27)14-18-8-5-6-9-18)23(29)25-20-12-7-13-26(22(28)15-20)16-19-10-3-2-4-11-19/h2-4,10-11,17-18,20H,5-9,12-16H2,1H3,(H,24,27)(H,25,29)/t17-,20-/m0/s1. The van der Waals surface area contributed by atoms with Gasteiger partial charge in [0, 0.05) is 32.0 Å². The molecule has 2 aliphatic rings. The molecule has 1 aromatic rings. The summed E-state index contributed by atoms with van der Waals surface area (Å²) in [4.78, 5) is 39.2. The minimum atomic E-state index is -0.581. The molecular weight excluding hydrogens is 366 g/mol. The van der Waals surface area contributed by atoms with Crippen LogP contribution >= 0.6 is 0 Å². The van der Waals surface area contributed by atoms with E-state index in [9.17, 15) is 14.4 Å². The van der Waals surface area contributed by atoms with E-state index in [-0.39, 0.29) is 23.8 Å². The van der Waals surface area contributed by atoms with E-state index in [1.165, 1.54) is 12.8 Å². The summed E-state index contributed by atoms with van der Waals surface area (Å²) >= 11 is 0. The largest absolute Gasteiger partial charge is 0.351 e. The second kappa shape index (κ2) is 10.4. The Morgan fingerprint density at radius 2 is 1.83 bits per heavy atom. The summed E-state index contributed by atoms with van der Waals surface area (Å²) in [6.07, 6.45) is 7.05. The van der Waals surface area contributed by atoms with Crippen LogP contribution < -0.4 is 10.6 Å². The Hall–Kier alpha value is -2.37. The van der Waals surface area contributed by atoms with Crippen LogP contribution in [0.2, 0.25) is 0 Å². The van der Waals surface area contributed by atoms with Gasteiger partial charge < -0.3 is 15.5 Å². The maximum absolute atomic E-state index is 12.7. The third kappa shape index (κ3) is 6.58. The van der Waals surface area contributed by atoms with Crippen molar-refractivity contribution in [1.82, 2.24) is 15.5 Å². The lowest BCUT2D eigenvalue weighted by atomic mass is 10.0. The van der Waals surface area contributed by atoms with Crippen LogP contribution in [0.25, 0.3) is 0 Å². The maximum atomic E-state index is 12.7. The monoisotopic (exact) mass is 399 g/mol. The third-order valence-electron chi connectivity index (χ3n) is 6.04. The molecule has 1 aliphatic heterocycles. The first-order chi connectivity index (χ1) is 14.0. The van der Waals surface area contributed by atoms with Gasteiger partial charge in [0.25, 0.3) is 0 Å². The second-order valence-corrected chi connectivity index (χ2v) is 8.50. The van der Waals surface area contributed by atoms with E-state index < -0.39 is 6.04 Å². The lowest BCUT2D eigenvalue weighted by Gasteiger charge is -2.22. The second-order valence-electron chi connectivity index (χ2n) is 8.50. The molecule has 0 radical (unpaired) electrons. The van der Waals surface area contributed by atoms with E-state index in [2.05, 4.69) is 10.6 Å². The quantitative estimate of drug-likeness (QED) is 0.740. The van der Waals surface area contributed by atoms with Crippen LogP contribution in [-0.4, -0.2) is 41.2 Å². The summed E-state index contributed by atoms with van der Waals surface area (Å²) in [5, 5.41) is 5.79. The van der Waals surface area contributed by atoms with Crippen LogP contribution in [0.4, 0.5) is 0 Å². The van der Waals surface area contributed by atoms with Gasteiger partial charge in [-0.2, -0.15) is 0 Å². The number of carbonyl (C=O) groups excluding carboxylic acids is 3. The summed E-state index contributed by atoms with van der Waals surface area (Å²) in [5.41, 5.74) is 1.11. The summed E-state index contributed by atoms with van der Waals surface area (Å²) in [6, 6.07) is 9.20. The van der Waals surface area contributed by atoms with Crippen molar-refractivity contribution in [3.63, 3.8) is 0 Å². The fraction of sp³-hybridized carbons (Fsp3) is 0.609. The average molecular weight is 400 g/mol. The Kier molecular flexibility index (Phi) is 7.67. The van der Waals surface area contributed by atoms with Gasteiger partial charge in [0.2, 0.25) is 17.7 Å². The summed E-state index contributed by atoms with van der Waals surface area (Å²) in [5.74, 6) is 0.263. The molecule has 6 nitrogen and oxygen atoms in total. The van der Waals surface area contributed by atoms with Crippen molar-refractivity contribution in [2.24, 2.45) is 5.92 Å². The smallest absolute Gasteiger partial charge is 0.242 e. The molecule has 158 valence electrons. The molecule has 1 saturated heterocycles. The van der Waals surface area contributed by atoms with Gasteiger partial charge >= 0.3 is 0 Å². The number of carbonyl (C=O) groups is 3. The SMILES string of the molecule is C[C@H](NC(=O)CC1CCCC1)C(=O)N[C@H]1CCCN(Cc2ccccc2)C(=O)C1. The highest BCUT2D eigenvalue weighted by molar-refractivity contribution is 5.88. The maximum Gasteiger partial charge on any atom is 0.242 e. The zero-order valence-electron chi connectivity index (χ0n) is 17.4. The summed E-state index contributed by atoms with van der Waals surface area (Å²) in [7, 11) is 0. The molecule has 3 amide bonds. The molecule has 0 unspecified atom stereocenters. The topological polar surface area (TPSA) is 78.5 Å². The molecule has 1 aliphatic carbocycles. The Balaban J connectivity index is 1.45. The van der Waals surface area contributed by atoms with Crippen molar-refractivity contribution >= 4 is 17.7 Å². The van der Waals surface area contributed by atoms with E-state index in [1.807, 2.05) is 35.2 Å². The van der Waals surface area contributed by atoms with Gasteiger partial charge in [-0.15, -0.1) is 0 Å². The van der Waals surface area contributed by atoms with E-state index in [0.717, 1.165) is 31.2 Å². The zero-order chi connectivity index (χ0) is 20.6. The zero-order valence-corrected chi connectivity index (χ0v) is 17.4. The van der Waals surface area contributed by atoms with E-state index in [0.29, 0.717) is 31.8 Å². The predicted molar refractivity (Wildman–Crippen MR) is 112 cm³/mol. The van der Waals surface area contributed by atoms with Crippen molar-refractivity contribution in [3.05, 3.63) is 35.9 Å². The van der Waals surface area contributed by atoms with Crippen LogP contribution in [-0.2, 0) is 20.9 Å². The van der Waals surface area contributed by atoms with Crippen molar-refractivity contribution in [1.29, 1.82) is 0 Å². The van der Waals surface area contributed by atoms with Crippen LogP contribution in [0.3, 0.4) is 0 Å². The first-order valence-electron chi connectivity index (χ1n) is 10.9. The molecule has 2 fully saturated rings. The molecule has 2 N–H and O–H groups in total. The molecule has 1 heterocycles. The minimum Gasteiger partial charge on any atom is -0.351 e. The van der Waals surface area contributed by atoms with Crippen molar-refractivity contribution < 1.29 is 14.4 Å². The van der Waals surface area contributed by atoms with Gasteiger partial charge in [-0.05, 0) is 44.1 Å². The molecule has 29 heavy (non-hydrogen) atoms. The molecule has 2 atom stereocenters. The first kappa shape index (κ1) is 21.3. The highest BCUT2D eigenvalue weighted by Gasteiger charge is 2.27. The molecular formula is C23H33N3O3. The number of nitrogens with one attached hydrogen (secondary N) is 2. The Morgan fingerprint density at radius 1 is 1.10 bits per heavy atom. The number of hydrogen-bond acceptors (Lipinski definition) is 3. The highest BCUT2D eigenvalue weighted by Crippen LogP contribution is 2.27. The third-order valence-corrected chi connectivity index (χ3v) is 6.04. The normalized spacial score (nSPS) is 21.5. The van der Waals surface area contributed by atoms with Crippen LogP contribution in [0, 0.1) is 5.92 Å². The Labute approximate surface area is 173 Å². The van der Waals surface area contributed by atoms with Gasteiger partial charge in [0.1, 0.15) is 6.04 Å². The molecule has 3 rings (SSSR count). The van der Waals surface area contributed by atoms with E-state index in [4.69, 9.17) is 0 Å². The Morgan fingerprint density at radius 3 is 2.55 bits per heavy atom. The lowest BCUT2D eigenvalue weighted by molar-refractivity contribution is -0.132. The average Bonchev–Trinajstić information content (AvgIpc) is 3.14. The molecule has 0 bridgehead atoms. The van der Waals surface area contributed by atoms with Crippen LogP contribution in [0.1, 0.15) is 63.9 Å². The summed E-state index contributed by atoms with van der Waals surface area (Å²) in [6.45, 7) is 3.02. The molecule has 1 saturated carbocycles. The van der Waals surface area contributed by atoms with Gasteiger partial charge in [-0.1, -0.05) is 43.2 Å². The van der Waals surface area contributed by atoms with Gasteiger partial charge in [0.15, 0.2) is 0 Å². The van der Waals surface area contributed by atoms with Gasteiger partial charge in [0.05, 0.1) is 0 Å². The Bertz CT molecular complexity index is 701. The minimum absolute atomic E-state index is 0.0504. The lowest BCUT2D eigenvalue weighted by Crippen LogP contribution is -2.48. The van der Waals surface area contributed by atoms with Crippen molar-refractivity contribution in [3.8, 4) is 0 Å². The fourth-order valence-corrected chi connectivity index (χ4v) is 4.36. The van der Waals surface area contributed by atoms with Gasteiger partial charge in [-0.3, -0.25) is 14.4 Å². The van der Waals surface area contributed by atoms with Crippen molar-refractivity contribution in [2.45, 2.75) is 76.9 Å². The number of hydrogen-bond donors (Lipinski definition) is 2. The summed E-state index contributed by atoms with van der Waals surface area (Å²) < 4.78 is 0. The van der Waals surface area contributed by atoms with Crippen molar-refractivity contribution in [2.75, 3.05) is 6.54 Å². The fourth-order valence-electron chi connectivity index (χ4n) is 4.36. The molecule has 0 spiro atoms. The number of likely N-dealkylation sites (tertiary alicyclic amines) is 1.